The van der Waals surface area contributed by atoms with Crippen LogP contribution < -0.4 is 15.5 Å². The predicted octanol–water partition coefficient (Wildman–Crippen LogP) is -1.73. The van der Waals surface area contributed by atoms with Crippen LogP contribution in [0.5, 0.6) is 0 Å². The van der Waals surface area contributed by atoms with Gasteiger partial charge in [-0.15, -0.1) is 0 Å². The van der Waals surface area contributed by atoms with E-state index in [1.807, 2.05) is 0 Å². The molecule has 0 aliphatic carbocycles. The molecule has 0 spiro atoms. The molecule has 0 heterocycles. The first kappa shape index (κ1) is 9.11. The maximum atomic E-state index is 10.3. The second kappa shape index (κ2) is 2.39. The van der Waals surface area contributed by atoms with Crippen molar-refractivity contribution < 1.29 is 20.1 Å². The fourth-order valence-electron chi connectivity index (χ4n) is 0.194. The van der Waals surface area contributed by atoms with Crippen LogP contribution in [0.15, 0.2) is 0 Å². The predicted molar refractivity (Wildman–Crippen MR) is 29.2 cm³/mol. The van der Waals surface area contributed by atoms with Crippen LogP contribution in [-0.4, -0.2) is 5.28 Å². The highest BCUT2D eigenvalue weighted by Gasteiger charge is 2.24. The van der Waals surface area contributed by atoms with Gasteiger partial charge in [-0.2, -0.15) is 0 Å². The van der Waals surface area contributed by atoms with Gasteiger partial charge in [0.15, 0.2) is 0 Å². The Kier molecular flexibility index (Phi) is 2.41. The Labute approximate surface area is 54.2 Å². The Hall–Kier alpha value is 0.110. The molecule has 5 heteroatoms. The molecule has 56 valence electrons. The first-order valence-corrected chi connectivity index (χ1v) is 4.23. The molecule has 0 aromatic carbocycles. The summed E-state index contributed by atoms with van der Waals surface area (Å²) < 4.78 is 10.3. The summed E-state index contributed by atoms with van der Waals surface area (Å²) >= 11 is 0. The summed E-state index contributed by atoms with van der Waals surface area (Å²) in [5.74, 6) is 0. The third-order valence-electron chi connectivity index (χ3n) is 1.42. The van der Waals surface area contributed by atoms with Gasteiger partial charge in [-0.25, -0.2) is 0 Å². The number of rotatable bonds is 2. The molecule has 0 saturated heterocycles. The van der Waals surface area contributed by atoms with Crippen molar-refractivity contribution in [2.24, 2.45) is 0 Å². The third-order valence-corrected chi connectivity index (χ3v) is 3.06. The summed E-state index contributed by atoms with van der Waals surface area (Å²) in [4.78, 5) is 20.6. The van der Waals surface area contributed by atoms with Gasteiger partial charge in [0.2, 0.25) is 0 Å². The Morgan fingerprint density at radius 3 is 2.00 bits per heavy atom. The third kappa shape index (κ3) is 2.06. The van der Waals surface area contributed by atoms with Gasteiger partial charge in [0.05, 0.1) is 0 Å². The van der Waals surface area contributed by atoms with Gasteiger partial charge in [0.25, 0.3) is 0 Å². The van der Waals surface area contributed by atoms with Crippen LogP contribution in [0, 0.1) is 0 Å². The summed E-state index contributed by atoms with van der Waals surface area (Å²) in [6.45, 7) is 2.95. The molecule has 0 aliphatic rings. The minimum absolute atomic E-state index is 0.261. The maximum absolute atomic E-state index is 10.3. The first-order chi connectivity index (χ1) is 3.81. The van der Waals surface area contributed by atoms with E-state index in [9.17, 15) is 14.4 Å². The molecule has 0 bridgehead atoms. The number of hydrogen-bond donors (Lipinski definition) is 1. The average molecular weight is 152 g/mol. The molecule has 4 nitrogen and oxygen atoms in total. The monoisotopic (exact) mass is 152 g/mol. The van der Waals surface area contributed by atoms with Gasteiger partial charge in [0, 0.05) is 6.42 Å². The molecule has 0 aliphatic heterocycles. The van der Waals surface area contributed by atoms with Crippen LogP contribution in [0.4, 0.5) is 0 Å². The van der Waals surface area contributed by atoms with Crippen molar-refractivity contribution in [3.05, 3.63) is 0 Å². The van der Waals surface area contributed by atoms with Gasteiger partial charge in [-0.3, -0.25) is 0 Å². The highest BCUT2D eigenvalue weighted by molar-refractivity contribution is 7.50. The molecule has 0 rings (SSSR count). The maximum Gasteiger partial charge on any atom is 0.116 e. The van der Waals surface area contributed by atoms with Crippen LogP contribution in [0.2, 0.25) is 0 Å². The van der Waals surface area contributed by atoms with Crippen molar-refractivity contribution in [3.63, 3.8) is 0 Å². The smallest absolute Gasteiger partial charge is 0.116 e. The highest BCUT2D eigenvalue weighted by Crippen LogP contribution is 2.38. The summed E-state index contributed by atoms with van der Waals surface area (Å²) in [6.07, 6.45) is 0.261. The van der Waals surface area contributed by atoms with Gasteiger partial charge in [-0.1, -0.05) is 6.92 Å². The lowest BCUT2D eigenvalue weighted by molar-refractivity contribution is -0.472. The minimum atomic E-state index is -4.48. The van der Waals surface area contributed by atoms with E-state index in [2.05, 4.69) is 5.73 Å². The standard InChI is InChI=1S/C4H12NO3P/c1-3-4(2,5)9(6,7)8/h3,5H2,1-2H3,(H2,6,7,8)/p-1/t4-/m1/s1. The zero-order valence-electron chi connectivity index (χ0n) is 5.59. The van der Waals surface area contributed by atoms with Crippen molar-refractivity contribution in [2.45, 2.75) is 25.5 Å². The number of hydrogen-bond acceptors (Lipinski definition) is 3. The summed E-state index contributed by atoms with van der Waals surface area (Å²) in [7, 11) is -4.48. The van der Waals surface area contributed by atoms with Gasteiger partial charge in [-0.05, 0) is 14.5 Å². The summed E-state index contributed by atoms with van der Waals surface area (Å²) in [5, 5.41) is -1.33. The molecular weight excluding hydrogens is 141 g/mol. The lowest BCUT2D eigenvalue weighted by Gasteiger charge is -2.40. The van der Waals surface area contributed by atoms with E-state index in [4.69, 9.17) is 0 Å². The molecule has 9 heavy (non-hydrogen) atoms. The number of quaternary nitrogens is 1. The topological polar surface area (TPSA) is 90.8 Å². The van der Waals surface area contributed by atoms with E-state index in [0.717, 1.165) is 0 Å². The zero-order valence-corrected chi connectivity index (χ0v) is 6.48. The normalized spacial score (nSPS) is 19.2. The van der Waals surface area contributed by atoms with E-state index in [0.29, 0.717) is 0 Å². The van der Waals surface area contributed by atoms with Gasteiger partial charge >= 0.3 is 0 Å². The van der Waals surface area contributed by atoms with E-state index in [1.165, 1.54) is 6.92 Å². The van der Waals surface area contributed by atoms with E-state index < -0.39 is 12.9 Å². The molecule has 0 radical (unpaired) electrons. The molecule has 0 aromatic rings. The zero-order chi connectivity index (χ0) is 7.71. The summed E-state index contributed by atoms with van der Waals surface area (Å²) in [6, 6.07) is 0. The van der Waals surface area contributed by atoms with Crippen molar-refractivity contribution >= 4 is 7.60 Å². The second-order valence-electron chi connectivity index (χ2n) is 2.35. The molecule has 1 atom stereocenters. The highest BCUT2D eigenvalue weighted by atomic mass is 31.2. The largest absolute Gasteiger partial charge is 0.806 e. The molecule has 0 fully saturated rings. The minimum Gasteiger partial charge on any atom is -0.806 e. The lowest BCUT2D eigenvalue weighted by atomic mass is 10.3. The second-order valence-corrected chi connectivity index (χ2v) is 4.42. The average Bonchev–Trinajstić information content (AvgIpc) is 1.64. The molecular formula is C4H11NO3P-. The Morgan fingerprint density at radius 1 is 1.67 bits per heavy atom. The molecule has 0 unspecified atom stereocenters. The van der Waals surface area contributed by atoms with Crippen LogP contribution in [0.3, 0.4) is 0 Å². The molecule has 3 N–H and O–H groups in total. The quantitative estimate of drug-likeness (QED) is 0.476. The first-order valence-electron chi connectivity index (χ1n) is 2.69. The summed E-state index contributed by atoms with van der Waals surface area (Å²) in [5.41, 5.74) is 3.27. The molecule has 0 amide bonds. The Bertz CT molecular complexity index is 139. The van der Waals surface area contributed by atoms with Crippen molar-refractivity contribution in [1.29, 1.82) is 0 Å². The van der Waals surface area contributed by atoms with Crippen LogP contribution in [0.1, 0.15) is 20.3 Å². The van der Waals surface area contributed by atoms with Crippen LogP contribution >= 0.6 is 7.60 Å². The SMILES string of the molecule is CC[C@](C)([NH3+])P(=O)([O-])[O-]. The fraction of sp³-hybridized carbons (Fsp3) is 1.00. The van der Waals surface area contributed by atoms with Crippen LogP contribution in [0.25, 0.3) is 0 Å². The molecule has 0 aromatic heterocycles. The van der Waals surface area contributed by atoms with Gasteiger partial charge in [0.1, 0.15) is 5.28 Å². The van der Waals surface area contributed by atoms with E-state index >= 15 is 0 Å². The Morgan fingerprint density at radius 2 is 2.00 bits per heavy atom. The van der Waals surface area contributed by atoms with Crippen molar-refractivity contribution in [1.82, 2.24) is 0 Å². The molecule has 0 saturated carbocycles. The van der Waals surface area contributed by atoms with Crippen LogP contribution in [-0.2, 0) is 4.57 Å². The van der Waals surface area contributed by atoms with E-state index in [1.54, 1.807) is 6.92 Å². The lowest BCUT2D eigenvalue weighted by Crippen LogP contribution is -2.72. The van der Waals surface area contributed by atoms with E-state index in [-0.39, 0.29) is 6.42 Å². The van der Waals surface area contributed by atoms with Crippen molar-refractivity contribution in [3.8, 4) is 0 Å². The van der Waals surface area contributed by atoms with Gasteiger partial charge < -0.3 is 20.1 Å². The Balaban J connectivity index is 4.34. The fourth-order valence-corrected chi connectivity index (χ4v) is 0.581. The van der Waals surface area contributed by atoms with Crippen molar-refractivity contribution in [2.75, 3.05) is 0 Å².